The number of rotatable bonds is 4. The zero-order valence-corrected chi connectivity index (χ0v) is 11.4. The summed E-state index contributed by atoms with van der Waals surface area (Å²) in [5, 5.41) is 10.3. The predicted molar refractivity (Wildman–Crippen MR) is 73.8 cm³/mol. The number of aromatic nitrogens is 2. The van der Waals surface area contributed by atoms with Gasteiger partial charge in [0.05, 0.1) is 16.6 Å². The molecule has 1 aromatic carbocycles. The summed E-state index contributed by atoms with van der Waals surface area (Å²) < 4.78 is 5.21. The largest absolute Gasteiger partial charge is 0.416 e. The van der Waals surface area contributed by atoms with Crippen molar-refractivity contribution >= 4 is 29.0 Å². The standard InChI is InChI=1S/C12H14N4O2S/c1-7(19-12-16-15-8(2)18-12)11(17)14-10-6-4-3-5-9(10)13/h3-7H,13H2,1-2H3,(H,14,17). The van der Waals surface area contributed by atoms with Gasteiger partial charge in [-0.15, -0.1) is 10.2 Å². The number of nitrogens with two attached hydrogens (primary N) is 1. The molecule has 6 nitrogen and oxygen atoms in total. The van der Waals surface area contributed by atoms with E-state index in [2.05, 4.69) is 15.5 Å². The van der Waals surface area contributed by atoms with E-state index in [-0.39, 0.29) is 11.2 Å². The summed E-state index contributed by atoms with van der Waals surface area (Å²) >= 11 is 1.20. The van der Waals surface area contributed by atoms with Crippen molar-refractivity contribution in [3.63, 3.8) is 0 Å². The first kappa shape index (κ1) is 13.4. The molecule has 0 saturated carbocycles. The summed E-state index contributed by atoms with van der Waals surface area (Å²) in [5.41, 5.74) is 6.89. The van der Waals surface area contributed by atoms with Crippen molar-refractivity contribution in [3.05, 3.63) is 30.2 Å². The van der Waals surface area contributed by atoms with Crippen LogP contribution in [0, 0.1) is 6.92 Å². The molecule has 1 heterocycles. The van der Waals surface area contributed by atoms with Gasteiger partial charge in [-0.05, 0) is 19.1 Å². The zero-order valence-electron chi connectivity index (χ0n) is 10.6. The number of carbonyl (C=O) groups excluding carboxylic acids is 1. The van der Waals surface area contributed by atoms with Crippen molar-refractivity contribution in [1.29, 1.82) is 0 Å². The maximum Gasteiger partial charge on any atom is 0.277 e. The molecule has 3 N–H and O–H groups in total. The molecular formula is C12H14N4O2S. The van der Waals surface area contributed by atoms with Crippen molar-refractivity contribution in [2.24, 2.45) is 0 Å². The Morgan fingerprint density at radius 2 is 2.16 bits per heavy atom. The lowest BCUT2D eigenvalue weighted by atomic mass is 10.2. The Hall–Kier alpha value is -2.02. The number of hydrogen-bond acceptors (Lipinski definition) is 6. The van der Waals surface area contributed by atoms with Crippen LogP contribution in [-0.4, -0.2) is 21.4 Å². The summed E-state index contributed by atoms with van der Waals surface area (Å²) in [6, 6.07) is 7.10. The van der Waals surface area contributed by atoms with Crippen molar-refractivity contribution in [3.8, 4) is 0 Å². The molecular weight excluding hydrogens is 264 g/mol. The van der Waals surface area contributed by atoms with Gasteiger partial charge in [0.25, 0.3) is 5.22 Å². The topological polar surface area (TPSA) is 94.0 Å². The normalized spacial score (nSPS) is 12.1. The molecule has 0 aliphatic heterocycles. The van der Waals surface area contributed by atoms with Crippen LogP contribution in [0.2, 0.25) is 0 Å². The maximum absolute atomic E-state index is 12.0. The molecule has 1 unspecified atom stereocenters. The Labute approximate surface area is 114 Å². The van der Waals surface area contributed by atoms with Crippen molar-refractivity contribution < 1.29 is 9.21 Å². The van der Waals surface area contributed by atoms with Crippen LogP contribution < -0.4 is 11.1 Å². The fourth-order valence-electron chi connectivity index (χ4n) is 1.38. The van der Waals surface area contributed by atoms with Crippen LogP contribution in [0.25, 0.3) is 0 Å². The highest BCUT2D eigenvalue weighted by atomic mass is 32.2. The van der Waals surface area contributed by atoms with Crippen molar-refractivity contribution in [1.82, 2.24) is 10.2 Å². The fourth-order valence-corrected chi connectivity index (χ4v) is 2.10. The molecule has 1 amide bonds. The Bertz CT molecular complexity index is 585. The number of thioether (sulfide) groups is 1. The third-order valence-electron chi connectivity index (χ3n) is 2.37. The van der Waals surface area contributed by atoms with Gasteiger partial charge in [0, 0.05) is 6.92 Å². The van der Waals surface area contributed by atoms with Crippen LogP contribution in [0.15, 0.2) is 33.9 Å². The SMILES string of the molecule is Cc1nnc(SC(C)C(=O)Nc2ccccc2N)o1. The monoisotopic (exact) mass is 278 g/mol. The fraction of sp³-hybridized carbons (Fsp3) is 0.250. The minimum atomic E-state index is -0.362. The molecule has 1 atom stereocenters. The lowest BCUT2D eigenvalue weighted by molar-refractivity contribution is -0.115. The second kappa shape index (κ2) is 5.75. The maximum atomic E-state index is 12.0. The number of nitrogens with one attached hydrogen (secondary N) is 1. The van der Waals surface area contributed by atoms with Crippen LogP contribution in [0.3, 0.4) is 0 Å². The molecule has 0 aliphatic carbocycles. The van der Waals surface area contributed by atoms with Gasteiger partial charge in [0.15, 0.2) is 0 Å². The highest BCUT2D eigenvalue weighted by Gasteiger charge is 2.18. The molecule has 0 fully saturated rings. The van der Waals surface area contributed by atoms with E-state index in [4.69, 9.17) is 10.2 Å². The van der Waals surface area contributed by atoms with Crippen molar-refractivity contribution in [2.75, 3.05) is 11.1 Å². The lowest BCUT2D eigenvalue weighted by Crippen LogP contribution is -2.22. The van der Waals surface area contributed by atoms with Crippen LogP contribution in [0.1, 0.15) is 12.8 Å². The Kier molecular flexibility index (Phi) is 4.06. The quantitative estimate of drug-likeness (QED) is 0.657. The van der Waals surface area contributed by atoms with E-state index in [1.807, 2.05) is 12.1 Å². The average molecular weight is 278 g/mol. The first-order valence-corrected chi connectivity index (χ1v) is 6.56. The number of anilines is 2. The van der Waals surface area contributed by atoms with Crippen LogP contribution >= 0.6 is 11.8 Å². The van der Waals surface area contributed by atoms with Gasteiger partial charge >= 0.3 is 0 Å². The lowest BCUT2D eigenvalue weighted by Gasteiger charge is -2.11. The van der Waals surface area contributed by atoms with Gasteiger partial charge in [-0.25, -0.2) is 0 Å². The van der Waals surface area contributed by atoms with Gasteiger partial charge in [0.1, 0.15) is 0 Å². The minimum absolute atomic E-state index is 0.168. The smallest absolute Gasteiger partial charge is 0.277 e. The molecule has 0 spiro atoms. The van der Waals surface area contributed by atoms with E-state index < -0.39 is 0 Å². The molecule has 0 radical (unpaired) electrons. The highest BCUT2D eigenvalue weighted by molar-refractivity contribution is 8.00. The third-order valence-corrected chi connectivity index (χ3v) is 3.31. The molecule has 0 bridgehead atoms. The molecule has 0 aliphatic rings. The third kappa shape index (κ3) is 3.47. The van der Waals surface area contributed by atoms with Gasteiger partial charge in [0.2, 0.25) is 11.8 Å². The second-order valence-electron chi connectivity index (χ2n) is 3.92. The average Bonchev–Trinajstić information content (AvgIpc) is 2.77. The van der Waals surface area contributed by atoms with Crippen LogP contribution in [0.5, 0.6) is 0 Å². The Balaban J connectivity index is 1.98. The summed E-state index contributed by atoms with van der Waals surface area (Å²) in [5.74, 6) is 0.307. The molecule has 100 valence electrons. The second-order valence-corrected chi connectivity index (χ2v) is 5.22. The number of nitrogen functional groups attached to an aromatic ring is 1. The van der Waals surface area contributed by atoms with E-state index >= 15 is 0 Å². The first-order valence-electron chi connectivity index (χ1n) is 5.68. The first-order chi connectivity index (χ1) is 9.06. The molecule has 7 heteroatoms. The number of nitrogens with zero attached hydrogens (tertiary/aromatic N) is 2. The molecule has 2 aromatic rings. The van der Waals surface area contributed by atoms with E-state index in [1.54, 1.807) is 26.0 Å². The van der Waals surface area contributed by atoms with Gasteiger partial charge in [-0.1, -0.05) is 23.9 Å². The Morgan fingerprint density at radius 3 is 2.79 bits per heavy atom. The molecule has 19 heavy (non-hydrogen) atoms. The number of benzene rings is 1. The van der Waals surface area contributed by atoms with E-state index in [0.717, 1.165) is 0 Å². The Morgan fingerprint density at radius 1 is 1.42 bits per heavy atom. The van der Waals surface area contributed by atoms with Crippen LogP contribution in [-0.2, 0) is 4.79 Å². The summed E-state index contributed by atoms with van der Waals surface area (Å²) in [4.78, 5) is 12.0. The molecule has 2 rings (SSSR count). The number of carbonyl (C=O) groups is 1. The van der Waals surface area contributed by atoms with Crippen LogP contribution in [0.4, 0.5) is 11.4 Å². The van der Waals surface area contributed by atoms with Crippen molar-refractivity contribution in [2.45, 2.75) is 24.3 Å². The number of amides is 1. The number of hydrogen-bond donors (Lipinski definition) is 2. The van der Waals surface area contributed by atoms with E-state index in [1.165, 1.54) is 11.8 Å². The molecule has 0 saturated heterocycles. The summed E-state index contributed by atoms with van der Waals surface area (Å²) in [6.45, 7) is 3.46. The summed E-state index contributed by atoms with van der Waals surface area (Å²) in [7, 11) is 0. The van der Waals surface area contributed by atoms with Gasteiger partial charge < -0.3 is 15.5 Å². The summed E-state index contributed by atoms with van der Waals surface area (Å²) in [6.07, 6.45) is 0. The minimum Gasteiger partial charge on any atom is -0.416 e. The predicted octanol–water partition coefficient (Wildman–Crippen LogP) is 2.08. The van der Waals surface area contributed by atoms with Gasteiger partial charge in [-0.3, -0.25) is 4.79 Å². The zero-order chi connectivity index (χ0) is 13.8. The number of aryl methyl sites for hydroxylation is 1. The van der Waals surface area contributed by atoms with E-state index in [0.29, 0.717) is 22.5 Å². The highest BCUT2D eigenvalue weighted by Crippen LogP contribution is 2.24. The van der Waals surface area contributed by atoms with E-state index in [9.17, 15) is 4.79 Å². The van der Waals surface area contributed by atoms with Gasteiger partial charge in [-0.2, -0.15) is 0 Å². The molecule has 1 aromatic heterocycles. The number of para-hydroxylation sites is 2.